The first-order valence-corrected chi connectivity index (χ1v) is 7.40. The van der Waals surface area contributed by atoms with Gasteiger partial charge in [-0.25, -0.2) is 8.78 Å². The van der Waals surface area contributed by atoms with Crippen molar-refractivity contribution < 1.29 is 8.78 Å². The van der Waals surface area contributed by atoms with Crippen LogP contribution in [0.3, 0.4) is 0 Å². The molecular formula is C13H21F2N5. The van der Waals surface area contributed by atoms with Crippen LogP contribution >= 0.6 is 0 Å². The number of aromatic amines is 1. The van der Waals surface area contributed by atoms with Gasteiger partial charge in [-0.2, -0.15) is 4.98 Å². The van der Waals surface area contributed by atoms with Crippen LogP contribution in [-0.4, -0.2) is 47.3 Å². The Morgan fingerprint density at radius 3 is 2.75 bits per heavy atom. The lowest BCUT2D eigenvalue weighted by atomic mass is 9.86. The van der Waals surface area contributed by atoms with Gasteiger partial charge in [0.25, 0.3) is 0 Å². The SMILES string of the molecule is FC1(F)CCC(c2nc(N3CCCNCC3)n[nH]2)CC1. The summed E-state index contributed by atoms with van der Waals surface area (Å²) in [7, 11) is 0. The normalized spacial score (nSPS) is 24.6. The van der Waals surface area contributed by atoms with Crippen LogP contribution in [0.25, 0.3) is 0 Å². The van der Waals surface area contributed by atoms with Crippen LogP contribution in [-0.2, 0) is 0 Å². The molecule has 0 radical (unpaired) electrons. The van der Waals surface area contributed by atoms with Crippen LogP contribution in [0.4, 0.5) is 14.7 Å². The Labute approximate surface area is 117 Å². The zero-order valence-corrected chi connectivity index (χ0v) is 11.5. The largest absolute Gasteiger partial charge is 0.338 e. The van der Waals surface area contributed by atoms with Crippen LogP contribution in [0, 0.1) is 0 Å². The van der Waals surface area contributed by atoms with Crippen molar-refractivity contribution in [1.29, 1.82) is 0 Å². The van der Waals surface area contributed by atoms with Crippen LogP contribution in [0.5, 0.6) is 0 Å². The quantitative estimate of drug-likeness (QED) is 0.871. The summed E-state index contributed by atoms with van der Waals surface area (Å²) in [5, 5.41) is 10.6. The molecular weight excluding hydrogens is 264 g/mol. The molecule has 1 aliphatic heterocycles. The zero-order valence-electron chi connectivity index (χ0n) is 11.5. The molecule has 5 nitrogen and oxygen atoms in total. The second-order valence-corrected chi connectivity index (χ2v) is 5.74. The van der Waals surface area contributed by atoms with Crippen molar-refractivity contribution in [2.24, 2.45) is 0 Å². The van der Waals surface area contributed by atoms with Crippen molar-refractivity contribution in [3.8, 4) is 0 Å². The molecule has 1 aliphatic carbocycles. The summed E-state index contributed by atoms with van der Waals surface area (Å²) in [6, 6.07) is 0. The summed E-state index contributed by atoms with van der Waals surface area (Å²) >= 11 is 0. The minimum atomic E-state index is -2.49. The van der Waals surface area contributed by atoms with Crippen LogP contribution < -0.4 is 10.2 Å². The van der Waals surface area contributed by atoms with Gasteiger partial charge >= 0.3 is 0 Å². The Bertz CT molecular complexity index is 430. The van der Waals surface area contributed by atoms with Gasteiger partial charge in [0.2, 0.25) is 11.9 Å². The van der Waals surface area contributed by atoms with Gasteiger partial charge in [0.15, 0.2) is 0 Å². The number of aromatic nitrogens is 3. The van der Waals surface area contributed by atoms with Gasteiger partial charge in [-0.3, -0.25) is 5.10 Å². The molecule has 2 N–H and O–H groups in total. The molecule has 1 saturated heterocycles. The van der Waals surface area contributed by atoms with Gasteiger partial charge in [-0.15, -0.1) is 5.10 Å². The first-order valence-electron chi connectivity index (χ1n) is 7.40. The molecule has 112 valence electrons. The second-order valence-electron chi connectivity index (χ2n) is 5.74. The van der Waals surface area contributed by atoms with E-state index in [9.17, 15) is 8.78 Å². The number of nitrogens with zero attached hydrogens (tertiary/aromatic N) is 3. The molecule has 20 heavy (non-hydrogen) atoms. The summed E-state index contributed by atoms with van der Waals surface area (Å²) in [6.45, 7) is 3.78. The molecule has 3 rings (SSSR count). The van der Waals surface area contributed by atoms with Gasteiger partial charge in [0.05, 0.1) is 0 Å². The van der Waals surface area contributed by atoms with Crippen molar-refractivity contribution in [1.82, 2.24) is 20.5 Å². The van der Waals surface area contributed by atoms with Crippen molar-refractivity contribution >= 4 is 5.95 Å². The van der Waals surface area contributed by atoms with E-state index < -0.39 is 5.92 Å². The number of alkyl halides is 2. The van der Waals surface area contributed by atoms with E-state index in [1.54, 1.807) is 0 Å². The first-order chi connectivity index (χ1) is 9.64. The Morgan fingerprint density at radius 1 is 1.15 bits per heavy atom. The maximum Gasteiger partial charge on any atom is 0.248 e. The molecule has 0 spiro atoms. The van der Waals surface area contributed by atoms with Crippen molar-refractivity contribution in [2.45, 2.75) is 43.9 Å². The number of H-pyrrole nitrogens is 1. The molecule has 1 aromatic heterocycles. The van der Waals surface area contributed by atoms with Gasteiger partial charge in [-0.05, 0) is 25.8 Å². The van der Waals surface area contributed by atoms with Crippen molar-refractivity contribution in [3.05, 3.63) is 5.82 Å². The van der Waals surface area contributed by atoms with Gasteiger partial charge < -0.3 is 10.2 Å². The maximum atomic E-state index is 13.2. The fourth-order valence-corrected chi connectivity index (χ4v) is 2.95. The van der Waals surface area contributed by atoms with E-state index in [0.29, 0.717) is 18.8 Å². The number of nitrogens with one attached hydrogen (secondary N) is 2. The van der Waals surface area contributed by atoms with E-state index in [4.69, 9.17) is 0 Å². The molecule has 0 atom stereocenters. The highest BCUT2D eigenvalue weighted by molar-refractivity contribution is 5.29. The number of halogens is 2. The van der Waals surface area contributed by atoms with Crippen LogP contribution in [0.15, 0.2) is 0 Å². The minimum absolute atomic E-state index is 0.0403. The highest BCUT2D eigenvalue weighted by Gasteiger charge is 2.36. The van der Waals surface area contributed by atoms with E-state index in [2.05, 4.69) is 25.4 Å². The minimum Gasteiger partial charge on any atom is -0.338 e. The standard InChI is InChI=1S/C13H21F2N5/c14-13(15)4-2-10(3-5-13)11-17-12(19-18-11)20-8-1-6-16-7-9-20/h10,16H,1-9H2,(H,17,18,19). The summed E-state index contributed by atoms with van der Waals surface area (Å²) < 4.78 is 26.3. The van der Waals surface area contributed by atoms with E-state index in [-0.39, 0.29) is 18.8 Å². The third kappa shape index (κ3) is 3.08. The smallest absolute Gasteiger partial charge is 0.248 e. The van der Waals surface area contributed by atoms with Crippen LogP contribution in [0.2, 0.25) is 0 Å². The predicted octanol–water partition coefficient (Wildman–Crippen LogP) is 1.90. The molecule has 0 amide bonds. The summed E-state index contributed by atoms with van der Waals surface area (Å²) in [5.41, 5.74) is 0. The molecule has 2 fully saturated rings. The summed E-state index contributed by atoms with van der Waals surface area (Å²) in [6.07, 6.45) is 1.97. The molecule has 0 aromatic carbocycles. The Morgan fingerprint density at radius 2 is 1.95 bits per heavy atom. The summed E-state index contributed by atoms with van der Waals surface area (Å²) in [5.74, 6) is -0.912. The van der Waals surface area contributed by atoms with E-state index >= 15 is 0 Å². The highest BCUT2D eigenvalue weighted by Crippen LogP contribution is 2.39. The Balaban J connectivity index is 1.64. The summed E-state index contributed by atoms with van der Waals surface area (Å²) in [4.78, 5) is 6.68. The Hall–Kier alpha value is -1.24. The number of hydrogen-bond acceptors (Lipinski definition) is 4. The predicted molar refractivity (Wildman–Crippen MR) is 72.2 cm³/mol. The van der Waals surface area contributed by atoms with Gasteiger partial charge in [0.1, 0.15) is 5.82 Å². The average Bonchev–Trinajstić information content (AvgIpc) is 2.75. The van der Waals surface area contributed by atoms with E-state index in [1.165, 1.54) is 0 Å². The van der Waals surface area contributed by atoms with E-state index in [0.717, 1.165) is 38.4 Å². The van der Waals surface area contributed by atoms with Crippen LogP contribution in [0.1, 0.15) is 43.8 Å². The van der Waals surface area contributed by atoms with Crippen molar-refractivity contribution in [3.63, 3.8) is 0 Å². The number of rotatable bonds is 2. The molecule has 0 bridgehead atoms. The zero-order chi connectivity index (χ0) is 14.0. The lowest BCUT2D eigenvalue weighted by molar-refractivity contribution is -0.0387. The Kier molecular flexibility index (Phi) is 3.87. The molecule has 1 aromatic rings. The van der Waals surface area contributed by atoms with E-state index in [1.807, 2.05) is 0 Å². The highest BCUT2D eigenvalue weighted by atomic mass is 19.3. The molecule has 2 heterocycles. The van der Waals surface area contributed by atoms with Gasteiger partial charge in [0, 0.05) is 38.4 Å². The molecule has 0 unspecified atom stereocenters. The topological polar surface area (TPSA) is 56.8 Å². The fourth-order valence-electron chi connectivity index (χ4n) is 2.95. The number of anilines is 1. The first kappa shape index (κ1) is 13.7. The monoisotopic (exact) mass is 285 g/mol. The number of hydrogen-bond donors (Lipinski definition) is 2. The average molecular weight is 285 g/mol. The molecule has 7 heteroatoms. The third-order valence-electron chi connectivity index (χ3n) is 4.22. The maximum absolute atomic E-state index is 13.2. The molecule has 1 saturated carbocycles. The lowest BCUT2D eigenvalue weighted by Crippen LogP contribution is -2.28. The second kappa shape index (κ2) is 5.63. The lowest BCUT2D eigenvalue weighted by Gasteiger charge is -2.26. The third-order valence-corrected chi connectivity index (χ3v) is 4.22. The van der Waals surface area contributed by atoms with Gasteiger partial charge in [-0.1, -0.05) is 0 Å². The van der Waals surface area contributed by atoms with Crippen molar-refractivity contribution in [2.75, 3.05) is 31.1 Å². The fraction of sp³-hybridized carbons (Fsp3) is 0.846. The molecule has 2 aliphatic rings.